The van der Waals surface area contributed by atoms with Crippen LogP contribution in [0.5, 0.6) is 0 Å². The molecule has 0 bridgehead atoms. The summed E-state index contributed by atoms with van der Waals surface area (Å²) in [5, 5.41) is 5.05. The minimum absolute atomic E-state index is 0.198. The van der Waals surface area contributed by atoms with E-state index >= 15 is 0 Å². The molecule has 1 heterocycles. The van der Waals surface area contributed by atoms with Gasteiger partial charge in [0.2, 0.25) is 10.0 Å². The van der Waals surface area contributed by atoms with Gasteiger partial charge in [-0.25, -0.2) is 17.9 Å². The monoisotopic (exact) mass is 367 g/mol. The van der Waals surface area contributed by atoms with Gasteiger partial charge in [-0.3, -0.25) is 9.78 Å². The number of hydrogen-bond acceptors (Lipinski definition) is 5. The quantitative estimate of drug-likeness (QED) is 0.791. The second-order valence-electron chi connectivity index (χ2n) is 5.26. The van der Waals surface area contributed by atoms with Crippen molar-refractivity contribution in [2.75, 3.05) is 20.3 Å². The Morgan fingerprint density at radius 1 is 1.28 bits per heavy atom. The Morgan fingerprint density at radius 3 is 2.56 bits per heavy atom. The van der Waals surface area contributed by atoms with E-state index in [1.807, 2.05) is 0 Å². The highest BCUT2D eigenvalue weighted by Crippen LogP contribution is 2.17. The van der Waals surface area contributed by atoms with E-state index in [0.29, 0.717) is 0 Å². The topological polar surface area (TPSA) is 103 Å². The second-order valence-corrected chi connectivity index (χ2v) is 6.82. The van der Waals surface area contributed by atoms with Gasteiger partial charge in [-0.1, -0.05) is 0 Å². The molecule has 2 rings (SSSR count). The van der Waals surface area contributed by atoms with Crippen LogP contribution in [0, 0.1) is 5.82 Å². The molecule has 0 saturated carbocycles. The van der Waals surface area contributed by atoms with Crippen LogP contribution < -0.4 is 5.14 Å². The third kappa shape index (κ3) is 5.05. The average Bonchev–Trinajstić information content (AvgIpc) is 2.58. The number of ether oxygens (including phenoxy) is 1. The van der Waals surface area contributed by atoms with Crippen LogP contribution in [0.3, 0.4) is 0 Å². The summed E-state index contributed by atoms with van der Waals surface area (Å²) >= 11 is 0. The number of hydrogen-bond donors (Lipinski definition) is 1. The van der Waals surface area contributed by atoms with Crippen LogP contribution in [0.4, 0.5) is 4.39 Å². The summed E-state index contributed by atoms with van der Waals surface area (Å²) in [6.07, 6.45) is 3.16. The molecule has 9 heteroatoms. The number of rotatable bonds is 7. The van der Waals surface area contributed by atoms with Gasteiger partial charge >= 0.3 is 0 Å². The number of aromatic nitrogens is 1. The highest BCUT2D eigenvalue weighted by Gasteiger charge is 2.22. The van der Waals surface area contributed by atoms with Gasteiger partial charge in [0.25, 0.3) is 5.91 Å². The van der Waals surface area contributed by atoms with Gasteiger partial charge in [-0.05, 0) is 35.9 Å². The maximum atomic E-state index is 14.1. The number of sulfonamides is 1. The van der Waals surface area contributed by atoms with Gasteiger partial charge in [0, 0.05) is 32.6 Å². The van der Waals surface area contributed by atoms with Gasteiger partial charge in [0.15, 0.2) is 0 Å². The zero-order valence-electron chi connectivity index (χ0n) is 13.6. The highest BCUT2D eigenvalue weighted by atomic mass is 32.2. The van der Waals surface area contributed by atoms with Crippen molar-refractivity contribution in [2.45, 2.75) is 11.4 Å². The molecule has 0 radical (unpaired) electrons. The van der Waals surface area contributed by atoms with Crippen LogP contribution >= 0.6 is 0 Å². The fourth-order valence-corrected chi connectivity index (χ4v) is 2.72. The van der Waals surface area contributed by atoms with Crippen molar-refractivity contribution in [1.29, 1.82) is 0 Å². The summed E-state index contributed by atoms with van der Waals surface area (Å²) in [7, 11) is -2.56. The first-order valence-corrected chi connectivity index (χ1v) is 8.87. The van der Waals surface area contributed by atoms with Crippen LogP contribution in [0.25, 0.3) is 0 Å². The number of nitrogens with zero attached hydrogens (tertiary/aromatic N) is 2. The van der Waals surface area contributed by atoms with Crippen molar-refractivity contribution in [3.05, 3.63) is 59.7 Å². The molecule has 1 amide bonds. The Morgan fingerprint density at radius 2 is 1.96 bits per heavy atom. The summed E-state index contributed by atoms with van der Waals surface area (Å²) in [6, 6.07) is 6.32. The van der Waals surface area contributed by atoms with Crippen LogP contribution in [-0.2, 0) is 21.3 Å². The fourth-order valence-electron chi connectivity index (χ4n) is 2.18. The first-order valence-electron chi connectivity index (χ1n) is 7.32. The lowest BCUT2D eigenvalue weighted by Crippen LogP contribution is -2.34. The number of amides is 1. The van der Waals surface area contributed by atoms with Crippen molar-refractivity contribution in [1.82, 2.24) is 9.88 Å². The maximum Gasteiger partial charge on any atom is 0.257 e. The lowest BCUT2D eigenvalue weighted by atomic mass is 10.1. The predicted octanol–water partition coefficient (Wildman–Crippen LogP) is 1.16. The smallest absolute Gasteiger partial charge is 0.257 e. The summed E-state index contributed by atoms with van der Waals surface area (Å²) in [4.78, 5) is 17.7. The molecule has 7 nitrogen and oxygen atoms in total. The number of benzene rings is 1. The van der Waals surface area contributed by atoms with Crippen LogP contribution in [0.15, 0.2) is 47.6 Å². The third-order valence-corrected chi connectivity index (χ3v) is 4.38. The Labute approximate surface area is 145 Å². The molecule has 0 aliphatic rings. The molecule has 0 saturated heterocycles. The zero-order valence-corrected chi connectivity index (χ0v) is 14.4. The number of pyridine rings is 1. The molecule has 1 aromatic heterocycles. The van der Waals surface area contributed by atoms with Gasteiger partial charge in [0.05, 0.1) is 17.1 Å². The molecular weight excluding hydrogens is 349 g/mol. The Bertz CT molecular complexity index is 844. The summed E-state index contributed by atoms with van der Waals surface area (Å²) < 4.78 is 42.0. The first kappa shape index (κ1) is 19.0. The van der Waals surface area contributed by atoms with Crippen molar-refractivity contribution in [3.63, 3.8) is 0 Å². The summed E-state index contributed by atoms with van der Waals surface area (Å²) in [6.45, 7) is 0.647. The normalized spacial score (nSPS) is 11.3. The number of primary sulfonamides is 1. The van der Waals surface area contributed by atoms with E-state index in [0.717, 1.165) is 23.8 Å². The molecule has 0 fully saturated rings. The SMILES string of the molecule is COCCN(Cc1ccncc1)C(=O)c1cc(S(N)(=O)=O)ccc1F. The number of carbonyl (C=O) groups is 1. The molecule has 0 spiro atoms. The van der Waals surface area contributed by atoms with Crippen molar-refractivity contribution >= 4 is 15.9 Å². The molecule has 0 aliphatic heterocycles. The molecule has 1 aromatic carbocycles. The minimum atomic E-state index is -4.05. The number of methoxy groups -OCH3 is 1. The lowest BCUT2D eigenvalue weighted by Gasteiger charge is -2.23. The zero-order chi connectivity index (χ0) is 18.4. The van der Waals surface area contributed by atoms with Crippen LogP contribution in [-0.4, -0.2) is 44.5 Å². The Hall–Kier alpha value is -2.36. The van der Waals surface area contributed by atoms with Crippen LogP contribution in [0.2, 0.25) is 0 Å². The van der Waals surface area contributed by atoms with E-state index < -0.39 is 21.7 Å². The molecule has 0 atom stereocenters. The maximum absolute atomic E-state index is 14.1. The van der Waals surface area contributed by atoms with Crippen LogP contribution in [0.1, 0.15) is 15.9 Å². The van der Waals surface area contributed by atoms with E-state index in [9.17, 15) is 17.6 Å². The largest absolute Gasteiger partial charge is 0.383 e. The Balaban J connectivity index is 2.35. The van der Waals surface area contributed by atoms with Gasteiger partial charge in [-0.2, -0.15) is 0 Å². The minimum Gasteiger partial charge on any atom is -0.383 e. The van der Waals surface area contributed by atoms with Gasteiger partial charge < -0.3 is 9.64 Å². The van der Waals surface area contributed by atoms with Gasteiger partial charge in [0.1, 0.15) is 5.82 Å². The molecule has 2 aromatic rings. The van der Waals surface area contributed by atoms with Crippen molar-refractivity contribution in [2.24, 2.45) is 5.14 Å². The Kier molecular flexibility index (Phi) is 6.18. The molecule has 0 unspecified atom stereocenters. The molecule has 25 heavy (non-hydrogen) atoms. The molecule has 2 N–H and O–H groups in total. The molecule has 0 aliphatic carbocycles. The highest BCUT2D eigenvalue weighted by molar-refractivity contribution is 7.89. The first-order chi connectivity index (χ1) is 11.8. The fraction of sp³-hybridized carbons (Fsp3) is 0.250. The lowest BCUT2D eigenvalue weighted by molar-refractivity contribution is 0.0675. The van der Waals surface area contributed by atoms with E-state index in [2.05, 4.69) is 4.98 Å². The number of carbonyl (C=O) groups excluding carboxylic acids is 1. The standard InChI is InChI=1S/C16H18FN3O4S/c1-24-9-8-20(11-12-4-6-19-7-5-12)16(21)14-10-13(25(18,22)23)2-3-15(14)17/h2-7,10H,8-9,11H2,1H3,(H2,18,22,23). The van der Waals surface area contributed by atoms with Crippen molar-refractivity contribution in [3.8, 4) is 0 Å². The second kappa shape index (κ2) is 8.15. The van der Waals surface area contributed by atoms with Crippen molar-refractivity contribution < 1.29 is 22.3 Å². The van der Waals surface area contributed by atoms with E-state index in [1.165, 1.54) is 12.0 Å². The number of halogens is 1. The predicted molar refractivity (Wildman–Crippen MR) is 88.6 cm³/mol. The molecular formula is C16H18FN3O4S. The molecule has 134 valence electrons. The van der Waals surface area contributed by atoms with Gasteiger partial charge in [-0.15, -0.1) is 0 Å². The van der Waals surface area contributed by atoms with E-state index in [1.54, 1.807) is 24.5 Å². The van der Waals surface area contributed by atoms with E-state index in [4.69, 9.17) is 9.88 Å². The average molecular weight is 367 g/mol. The van der Waals surface area contributed by atoms with E-state index in [-0.39, 0.29) is 30.2 Å². The summed E-state index contributed by atoms with van der Waals surface area (Å²) in [5.41, 5.74) is 0.430. The third-order valence-electron chi connectivity index (χ3n) is 3.47. The number of nitrogens with two attached hydrogens (primary N) is 1. The summed E-state index contributed by atoms with van der Waals surface area (Å²) in [5.74, 6) is -1.48.